The molecule has 72 valence electrons. The molecule has 0 radical (unpaired) electrons. The molecule has 0 bridgehead atoms. The number of hydrogen-bond donors (Lipinski definition) is 1. The number of carbonyl (C=O) groups is 1. The second kappa shape index (κ2) is 5.52. The largest absolute Gasteiger partial charge is 0.317 e. The first kappa shape index (κ1) is 10.9. The molecule has 0 amide bonds. The summed E-state index contributed by atoms with van der Waals surface area (Å²) in [6.45, 7) is 3.71. The van der Waals surface area contributed by atoms with Crippen molar-refractivity contribution in [1.82, 2.24) is 5.32 Å². The third-order valence-electron chi connectivity index (χ3n) is 1.69. The van der Waals surface area contributed by atoms with E-state index >= 15 is 0 Å². The van der Waals surface area contributed by atoms with Gasteiger partial charge in [-0.2, -0.15) is 11.3 Å². The van der Waals surface area contributed by atoms with E-state index in [0.717, 1.165) is 23.1 Å². The SMILES string of the molecule is CCNCCC(=O)c1cscc1Br. The molecule has 0 atom stereocenters. The molecule has 0 fully saturated rings. The van der Waals surface area contributed by atoms with E-state index in [9.17, 15) is 4.79 Å². The lowest BCUT2D eigenvalue weighted by Crippen LogP contribution is -2.17. The van der Waals surface area contributed by atoms with Gasteiger partial charge in [-0.1, -0.05) is 6.92 Å². The molecule has 0 aliphatic heterocycles. The summed E-state index contributed by atoms with van der Waals surface area (Å²) in [4.78, 5) is 11.5. The van der Waals surface area contributed by atoms with Crippen molar-refractivity contribution in [3.63, 3.8) is 0 Å². The van der Waals surface area contributed by atoms with Crippen molar-refractivity contribution >= 4 is 33.0 Å². The van der Waals surface area contributed by atoms with Crippen LogP contribution in [-0.2, 0) is 0 Å². The predicted molar refractivity (Wildman–Crippen MR) is 59.5 cm³/mol. The Morgan fingerprint density at radius 3 is 2.92 bits per heavy atom. The van der Waals surface area contributed by atoms with Crippen LogP contribution in [0.2, 0.25) is 0 Å². The lowest BCUT2D eigenvalue weighted by Gasteiger charge is -1.99. The third kappa shape index (κ3) is 3.21. The van der Waals surface area contributed by atoms with Crippen LogP contribution >= 0.6 is 27.3 Å². The van der Waals surface area contributed by atoms with E-state index in [0.29, 0.717) is 6.42 Å². The highest BCUT2D eigenvalue weighted by molar-refractivity contribution is 9.10. The minimum absolute atomic E-state index is 0.203. The average molecular weight is 262 g/mol. The van der Waals surface area contributed by atoms with Crippen LogP contribution < -0.4 is 5.32 Å². The Hall–Kier alpha value is -0.190. The number of Topliss-reactive ketones (excluding diaryl/α,β-unsaturated/α-hetero) is 1. The lowest BCUT2D eigenvalue weighted by molar-refractivity contribution is 0.0982. The maximum absolute atomic E-state index is 11.5. The zero-order valence-corrected chi connectivity index (χ0v) is 9.87. The number of carbonyl (C=O) groups excluding carboxylic acids is 1. The smallest absolute Gasteiger partial charge is 0.166 e. The Balaban J connectivity index is 2.45. The Bertz CT molecular complexity index is 285. The molecule has 0 aliphatic rings. The van der Waals surface area contributed by atoms with Crippen molar-refractivity contribution in [2.75, 3.05) is 13.1 Å². The first-order chi connectivity index (χ1) is 6.25. The van der Waals surface area contributed by atoms with Gasteiger partial charge in [0.1, 0.15) is 0 Å². The maximum atomic E-state index is 11.5. The highest BCUT2D eigenvalue weighted by Gasteiger charge is 2.09. The van der Waals surface area contributed by atoms with E-state index < -0.39 is 0 Å². The molecule has 1 rings (SSSR count). The summed E-state index contributed by atoms with van der Waals surface area (Å²) in [7, 11) is 0. The molecule has 0 aromatic carbocycles. The predicted octanol–water partition coefficient (Wildman–Crippen LogP) is 2.69. The number of hydrogen-bond acceptors (Lipinski definition) is 3. The second-order valence-corrected chi connectivity index (χ2v) is 4.26. The topological polar surface area (TPSA) is 29.1 Å². The summed E-state index contributed by atoms with van der Waals surface area (Å²) in [5.41, 5.74) is 0.808. The Morgan fingerprint density at radius 1 is 1.62 bits per heavy atom. The maximum Gasteiger partial charge on any atom is 0.166 e. The highest BCUT2D eigenvalue weighted by Crippen LogP contribution is 2.22. The highest BCUT2D eigenvalue weighted by atomic mass is 79.9. The fourth-order valence-electron chi connectivity index (χ4n) is 0.994. The number of thiophene rings is 1. The number of halogens is 1. The molecule has 0 saturated heterocycles. The van der Waals surface area contributed by atoms with Gasteiger partial charge in [0.15, 0.2) is 5.78 Å². The van der Waals surface area contributed by atoms with E-state index in [1.54, 1.807) is 11.3 Å². The van der Waals surface area contributed by atoms with Gasteiger partial charge >= 0.3 is 0 Å². The minimum Gasteiger partial charge on any atom is -0.317 e. The average Bonchev–Trinajstić information content (AvgIpc) is 2.52. The minimum atomic E-state index is 0.203. The van der Waals surface area contributed by atoms with Crippen LogP contribution in [-0.4, -0.2) is 18.9 Å². The van der Waals surface area contributed by atoms with E-state index in [2.05, 4.69) is 21.2 Å². The van der Waals surface area contributed by atoms with Gasteiger partial charge in [0.2, 0.25) is 0 Å². The van der Waals surface area contributed by atoms with Crippen molar-refractivity contribution in [3.8, 4) is 0 Å². The summed E-state index contributed by atoms with van der Waals surface area (Å²) in [6, 6.07) is 0. The van der Waals surface area contributed by atoms with Crippen molar-refractivity contribution < 1.29 is 4.79 Å². The van der Waals surface area contributed by atoms with Crippen molar-refractivity contribution in [2.24, 2.45) is 0 Å². The Labute approximate surface area is 90.5 Å². The van der Waals surface area contributed by atoms with Crippen LogP contribution in [0.3, 0.4) is 0 Å². The third-order valence-corrected chi connectivity index (χ3v) is 3.40. The van der Waals surface area contributed by atoms with Crippen LogP contribution in [0.5, 0.6) is 0 Å². The van der Waals surface area contributed by atoms with Crippen molar-refractivity contribution in [2.45, 2.75) is 13.3 Å². The zero-order valence-electron chi connectivity index (χ0n) is 7.47. The van der Waals surface area contributed by atoms with Crippen LogP contribution in [0.1, 0.15) is 23.7 Å². The molecule has 0 unspecified atom stereocenters. The van der Waals surface area contributed by atoms with Gasteiger partial charge in [-0.3, -0.25) is 4.79 Å². The van der Waals surface area contributed by atoms with E-state index in [-0.39, 0.29) is 5.78 Å². The molecule has 1 heterocycles. The van der Waals surface area contributed by atoms with Crippen LogP contribution in [0, 0.1) is 0 Å². The molecule has 0 aliphatic carbocycles. The lowest BCUT2D eigenvalue weighted by atomic mass is 10.2. The van der Waals surface area contributed by atoms with Gasteiger partial charge in [0, 0.05) is 33.8 Å². The van der Waals surface area contributed by atoms with Gasteiger partial charge < -0.3 is 5.32 Å². The number of nitrogens with one attached hydrogen (secondary N) is 1. The molecular weight excluding hydrogens is 250 g/mol. The van der Waals surface area contributed by atoms with Gasteiger partial charge in [-0.05, 0) is 22.5 Å². The van der Waals surface area contributed by atoms with E-state index in [1.165, 1.54) is 0 Å². The van der Waals surface area contributed by atoms with Gasteiger partial charge in [-0.25, -0.2) is 0 Å². The van der Waals surface area contributed by atoms with Gasteiger partial charge in [0.05, 0.1) is 0 Å². The molecule has 1 aromatic rings. The Morgan fingerprint density at radius 2 is 2.38 bits per heavy atom. The van der Waals surface area contributed by atoms with Gasteiger partial charge in [-0.15, -0.1) is 0 Å². The fraction of sp³-hybridized carbons (Fsp3) is 0.444. The molecule has 4 heteroatoms. The summed E-state index contributed by atoms with van der Waals surface area (Å²) >= 11 is 4.89. The summed E-state index contributed by atoms with van der Waals surface area (Å²) in [5, 5.41) is 6.95. The molecule has 1 N–H and O–H groups in total. The molecule has 2 nitrogen and oxygen atoms in total. The van der Waals surface area contributed by atoms with Crippen molar-refractivity contribution in [1.29, 1.82) is 0 Å². The second-order valence-electron chi connectivity index (χ2n) is 2.66. The van der Waals surface area contributed by atoms with E-state index in [4.69, 9.17) is 0 Å². The fourth-order valence-corrected chi connectivity index (χ4v) is 2.51. The van der Waals surface area contributed by atoms with Crippen LogP contribution in [0.15, 0.2) is 15.2 Å². The van der Waals surface area contributed by atoms with Gasteiger partial charge in [0.25, 0.3) is 0 Å². The number of rotatable bonds is 5. The first-order valence-corrected chi connectivity index (χ1v) is 5.95. The van der Waals surface area contributed by atoms with Crippen LogP contribution in [0.4, 0.5) is 0 Å². The normalized spacial score (nSPS) is 10.3. The standard InChI is InChI=1S/C9H12BrNOS/c1-2-11-4-3-9(12)7-5-13-6-8(7)10/h5-6,11H,2-4H2,1H3. The Kier molecular flexibility index (Phi) is 4.62. The molecular formula is C9H12BrNOS. The zero-order chi connectivity index (χ0) is 9.68. The van der Waals surface area contributed by atoms with E-state index in [1.807, 2.05) is 17.7 Å². The molecule has 0 spiro atoms. The quantitative estimate of drug-likeness (QED) is 0.653. The monoisotopic (exact) mass is 261 g/mol. The van der Waals surface area contributed by atoms with Crippen molar-refractivity contribution in [3.05, 3.63) is 20.8 Å². The summed E-state index contributed by atoms with van der Waals surface area (Å²) in [5.74, 6) is 0.203. The summed E-state index contributed by atoms with van der Waals surface area (Å²) in [6.07, 6.45) is 0.573. The van der Waals surface area contributed by atoms with Crippen LogP contribution in [0.25, 0.3) is 0 Å². The molecule has 0 saturated carbocycles. The summed E-state index contributed by atoms with van der Waals surface area (Å²) < 4.78 is 0.916. The first-order valence-electron chi connectivity index (χ1n) is 4.21. The number of ketones is 1. The molecule has 1 aromatic heterocycles. The molecule has 13 heavy (non-hydrogen) atoms.